The molecule has 110 heavy (non-hydrogen) atoms. The smallest absolute Gasteiger partial charge is 0.153 e. The van der Waals surface area contributed by atoms with E-state index in [2.05, 4.69) is 262 Å². The van der Waals surface area contributed by atoms with Gasteiger partial charge in [-0.15, -0.1) is 113 Å². The SMILES string of the molecule is CCCCCCc1nc(-c2nc(CCCCCC)c(-c3ccc(-c4cc5c(s4)-c4sc(C)cc4[Si]5(CCCCCC)CCCCCC)s3)s2)sc1-c1ccc(C)s1.CCCCCCc1nc(-c2nc(CCCCCC)c(-c3ccc(Br)s3)s2)sc1-c1ccc(Br)s1.c1ccc(P(c2ccccc2)c2ccccc2)cc1. The van der Waals surface area contributed by atoms with Gasteiger partial charge in [-0.05, 0) is 204 Å². The Morgan fingerprint density at radius 2 is 0.609 bits per heavy atom. The molecule has 0 spiro atoms. The van der Waals surface area contributed by atoms with Crippen molar-refractivity contribution in [2.75, 3.05) is 0 Å². The van der Waals surface area contributed by atoms with Crippen LogP contribution in [0.3, 0.4) is 0 Å². The molecule has 13 aromatic rings. The first kappa shape index (κ1) is 85.4. The summed E-state index contributed by atoms with van der Waals surface area (Å²) in [6.07, 6.45) is 35.2. The van der Waals surface area contributed by atoms with E-state index in [-0.39, 0.29) is 0 Å². The molecule has 0 radical (unpaired) electrons. The van der Waals surface area contributed by atoms with Crippen molar-refractivity contribution in [3.05, 3.63) is 192 Å². The Morgan fingerprint density at radius 3 is 0.964 bits per heavy atom. The van der Waals surface area contributed by atoms with E-state index < -0.39 is 16.0 Å². The van der Waals surface area contributed by atoms with Crippen LogP contribution in [-0.2, 0) is 25.7 Å². The van der Waals surface area contributed by atoms with Crippen LogP contribution in [0.25, 0.3) is 78.6 Å². The summed E-state index contributed by atoms with van der Waals surface area (Å²) in [4.78, 5) is 41.0. The average molecular weight is 1810 g/mol. The lowest BCUT2D eigenvalue weighted by atomic mass is 10.1. The molecule has 0 aliphatic carbocycles. The standard InChI is InChI=1S/C48H64N2S6Si.C26H30Br2N2S4.C18H15P/c1-7-11-15-19-23-35-43(38-26-25-33(5)51-38)55-47(49-35)48-50-36(24-20-16-12-8-2)44(56-48)39-28-27-37(53-39)40-32-42-46(54-40)45-41(31-34(6)52-45)57(42,29-21-17-13-9-3)30-22-18-14-10-4;1-3-5-7-9-11-17-23(19-13-15-21(27)31-19)33-25(29-17)26-30-18(12-10-8-6-4-2)24(34-26)20-14-16-22(28)32-20;1-4-10-16(11-5-1)19(17-12-6-2-7-13-17)18-14-8-3-9-15-18/h25-28,31-32H,7-24,29-30H2,1-6H3;13-16H,3-12H2,1-2H3;1-15H. The van der Waals surface area contributed by atoms with Crippen LogP contribution in [0.1, 0.15) is 228 Å². The summed E-state index contributed by atoms with van der Waals surface area (Å²) in [5.74, 6) is 0. The number of unbranched alkanes of at least 4 members (excludes halogenated alkanes) is 18. The predicted octanol–water partition coefficient (Wildman–Crippen LogP) is 32.0. The quantitative estimate of drug-likeness (QED) is 0.0218. The first-order valence-electron chi connectivity index (χ1n) is 40.8. The highest BCUT2D eigenvalue weighted by molar-refractivity contribution is 9.11. The van der Waals surface area contributed by atoms with Crippen LogP contribution < -0.4 is 26.3 Å². The second-order valence-electron chi connectivity index (χ2n) is 29.2. The summed E-state index contributed by atoms with van der Waals surface area (Å²) in [6, 6.07) is 58.7. The molecular formula is C92H109Br2N4PS10Si. The summed E-state index contributed by atoms with van der Waals surface area (Å²) in [7, 11) is -2.26. The van der Waals surface area contributed by atoms with Crippen LogP contribution in [0.4, 0.5) is 0 Å². The molecule has 580 valence electrons. The molecule has 0 fully saturated rings. The van der Waals surface area contributed by atoms with Crippen LogP contribution in [0.2, 0.25) is 12.1 Å². The fourth-order valence-electron chi connectivity index (χ4n) is 14.9. The Kier molecular flexibility index (Phi) is 34.0. The molecule has 0 unspecified atom stereocenters. The number of benzene rings is 3. The van der Waals surface area contributed by atoms with Gasteiger partial charge in [0.05, 0.1) is 49.9 Å². The van der Waals surface area contributed by atoms with Gasteiger partial charge in [0.2, 0.25) is 0 Å². The second-order valence-corrected chi connectivity index (χ2v) is 49.3. The molecule has 0 bridgehead atoms. The van der Waals surface area contributed by atoms with E-state index in [1.165, 1.54) is 271 Å². The van der Waals surface area contributed by atoms with Crippen LogP contribution in [0.15, 0.2) is 159 Å². The molecule has 1 aliphatic heterocycles. The topological polar surface area (TPSA) is 51.6 Å². The summed E-state index contributed by atoms with van der Waals surface area (Å²) < 4.78 is 2.34. The molecule has 18 heteroatoms. The minimum absolute atomic E-state index is 0.446. The van der Waals surface area contributed by atoms with Crippen molar-refractivity contribution >= 4 is 188 Å². The number of hydrogen-bond donors (Lipinski definition) is 0. The number of fused-ring (bicyclic) bond motifs is 3. The summed E-state index contributed by atoms with van der Waals surface area (Å²) in [5.41, 5.74) is 5.04. The number of aryl methyl sites for hydroxylation is 6. The molecule has 3 aromatic carbocycles. The Labute approximate surface area is 717 Å². The third-order valence-electron chi connectivity index (χ3n) is 20.6. The molecule has 0 amide bonds. The Hall–Kier alpha value is -4.01. The van der Waals surface area contributed by atoms with E-state index in [0.717, 1.165) is 45.7 Å². The monoisotopic (exact) mass is 1810 g/mol. The molecule has 4 nitrogen and oxygen atoms in total. The molecule has 1 aliphatic rings. The van der Waals surface area contributed by atoms with Crippen molar-refractivity contribution in [2.24, 2.45) is 0 Å². The van der Waals surface area contributed by atoms with Crippen molar-refractivity contribution < 1.29 is 0 Å². The van der Waals surface area contributed by atoms with E-state index in [9.17, 15) is 0 Å². The first-order valence-corrected chi connectivity index (χ1v) is 54.3. The average Bonchev–Trinajstić information content (AvgIpc) is 1.54. The first-order chi connectivity index (χ1) is 53.9. The molecule has 10 aromatic heterocycles. The highest BCUT2D eigenvalue weighted by Crippen LogP contribution is 2.51. The van der Waals surface area contributed by atoms with Gasteiger partial charge in [0.25, 0.3) is 0 Å². The number of aromatic nitrogens is 4. The van der Waals surface area contributed by atoms with Crippen molar-refractivity contribution in [3.63, 3.8) is 0 Å². The largest absolute Gasteiger partial charge is 0.238 e. The lowest BCUT2D eigenvalue weighted by Crippen LogP contribution is -2.54. The molecule has 0 atom stereocenters. The summed E-state index contributed by atoms with van der Waals surface area (Å²) in [6.45, 7) is 18.4. The van der Waals surface area contributed by atoms with Crippen molar-refractivity contribution in [1.82, 2.24) is 19.9 Å². The van der Waals surface area contributed by atoms with E-state index in [1.807, 2.05) is 68.0 Å². The lowest BCUT2D eigenvalue weighted by Gasteiger charge is -2.29. The maximum atomic E-state index is 5.46. The maximum absolute atomic E-state index is 5.46. The van der Waals surface area contributed by atoms with Crippen molar-refractivity contribution in [2.45, 2.75) is 247 Å². The highest BCUT2D eigenvalue weighted by atomic mass is 79.9. The van der Waals surface area contributed by atoms with Gasteiger partial charge < -0.3 is 0 Å². The van der Waals surface area contributed by atoms with Gasteiger partial charge in [-0.1, -0.05) is 261 Å². The van der Waals surface area contributed by atoms with Crippen LogP contribution in [0.5, 0.6) is 0 Å². The van der Waals surface area contributed by atoms with Gasteiger partial charge in [0.15, 0.2) is 20.0 Å². The Bertz CT molecular complexity index is 4690. The lowest BCUT2D eigenvalue weighted by molar-refractivity contribution is 0.662. The van der Waals surface area contributed by atoms with Gasteiger partial charge in [-0.2, -0.15) is 0 Å². The van der Waals surface area contributed by atoms with Crippen molar-refractivity contribution in [3.8, 4) is 78.6 Å². The minimum atomic E-state index is -1.81. The minimum Gasteiger partial charge on any atom is -0.238 e. The van der Waals surface area contributed by atoms with Gasteiger partial charge in [-0.25, -0.2) is 19.9 Å². The molecule has 14 rings (SSSR count). The number of rotatable bonds is 40. The molecule has 0 saturated heterocycles. The van der Waals surface area contributed by atoms with E-state index >= 15 is 0 Å². The molecule has 0 N–H and O–H groups in total. The Balaban J connectivity index is 0.000000177. The van der Waals surface area contributed by atoms with Crippen LogP contribution >= 0.6 is 153 Å². The van der Waals surface area contributed by atoms with E-state index in [0.29, 0.717) is 0 Å². The summed E-state index contributed by atoms with van der Waals surface area (Å²) in [5, 5.41) is 12.2. The normalized spacial score (nSPS) is 12.2. The molecule has 11 heterocycles. The third kappa shape index (κ3) is 22.4. The Morgan fingerprint density at radius 1 is 0.282 bits per heavy atom. The third-order valence-corrected chi connectivity index (χ3v) is 42.0. The second kappa shape index (κ2) is 43.8. The molecular weight excluding hydrogens is 1700 g/mol. The fourth-order valence-corrected chi connectivity index (χ4v) is 36.3. The maximum Gasteiger partial charge on any atom is 0.153 e. The van der Waals surface area contributed by atoms with Crippen LogP contribution in [-0.4, -0.2) is 28.0 Å². The predicted molar refractivity (Wildman–Crippen MR) is 511 cm³/mol. The van der Waals surface area contributed by atoms with E-state index in [4.69, 9.17) is 19.9 Å². The zero-order valence-electron chi connectivity index (χ0n) is 65.7. The highest BCUT2D eigenvalue weighted by Gasteiger charge is 2.47. The van der Waals surface area contributed by atoms with Crippen LogP contribution in [0, 0.1) is 13.8 Å². The number of halogens is 2. The van der Waals surface area contributed by atoms with Crippen molar-refractivity contribution in [1.29, 1.82) is 0 Å². The van der Waals surface area contributed by atoms with Gasteiger partial charge in [0, 0.05) is 48.8 Å². The fraction of sp³-hybridized carbons (Fsp3) is 0.413. The molecule has 0 saturated carbocycles. The zero-order valence-corrected chi connectivity index (χ0v) is 79.0. The number of thiazole rings is 4. The van der Waals surface area contributed by atoms with Gasteiger partial charge in [-0.3, -0.25) is 0 Å². The van der Waals surface area contributed by atoms with Gasteiger partial charge in [0.1, 0.15) is 8.07 Å². The van der Waals surface area contributed by atoms with Gasteiger partial charge >= 0.3 is 0 Å². The number of thiophene rings is 6. The summed E-state index contributed by atoms with van der Waals surface area (Å²) >= 11 is 26.4. The zero-order chi connectivity index (χ0) is 76.6. The number of hydrogen-bond acceptors (Lipinski definition) is 14. The van der Waals surface area contributed by atoms with E-state index in [1.54, 1.807) is 42.8 Å². The number of nitrogens with zero attached hydrogens (tertiary/aromatic N) is 4.